The number of hydrogen-bond acceptors (Lipinski definition) is 4. The highest BCUT2D eigenvalue weighted by molar-refractivity contribution is 7.09. The van der Waals surface area contributed by atoms with Crippen LogP contribution in [0.1, 0.15) is 24.4 Å². The Hall–Kier alpha value is -1.63. The number of nitrogens with zero attached hydrogens (tertiary/aromatic N) is 1. The number of rotatable bonds is 4. The van der Waals surface area contributed by atoms with Gasteiger partial charge < -0.3 is 15.7 Å². The van der Waals surface area contributed by atoms with E-state index in [-0.39, 0.29) is 0 Å². The van der Waals surface area contributed by atoms with E-state index in [9.17, 15) is 9.59 Å². The van der Waals surface area contributed by atoms with Crippen molar-refractivity contribution in [1.82, 2.24) is 15.6 Å². The third-order valence-corrected chi connectivity index (χ3v) is 3.15. The molecule has 3 N–H and O–H groups in total. The molecule has 0 aliphatic heterocycles. The van der Waals surface area contributed by atoms with E-state index in [2.05, 4.69) is 15.6 Å². The number of carboxylic acids is 1. The molecule has 0 aliphatic carbocycles. The van der Waals surface area contributed by atoms with E-state index < -0.39 is 17.5 Å². The summed E-state index contributed by atoms with van der Waals surface area (Å²) in [6.45, 7) is 5.05. The largest absolute Gasteiger partial charge is 0.480 e. The van der Waals surface area contributed by atoms with Gasteiger partial charge in [-0.25, -0.2) is 14.6 Å². The first-order valence-corrected chi connectivity index (χ1v) is 5.89. The van der Waals surface area contributed by atoms with E-state index in [1.165, 1.54) is 25.2 Å². The summed E-state index contributed by atoms with van der Waals surface area (Å²) in [7, 11) is 0. The number of carboxylic acid groups (broad SMARTS) is 1. The van der Waals surface area contributed by atoms with Crippen molar-refractivity contribution in [3.8, 4) is 0 Å². The first-order valence-electron chi connectivity index (χ1n) is 5.01. The van der Waals surface area contributed by atoms with Gasteiger partial charge in [0.2, 0.25) is 0 Å². The predicted molar refractivity (Wildman–Crippen MR) is 63.9 cm³/mol. The van der Waals surface area contributed by atoms with Crippen molar-refractivity contribution in [2.75, 3.05) is 0 Å². The summed E-state index contributed by atoms with van der Waals surface area (Å²) >= 11 is 1.45. The van der Waals surface area contributed by atoms with Gasteiger partial charge in [0.05, 0.1) is 17.7 Å². The molecule has 0 bridgehead atoms. The molecule has 0 aromatic carbocycles. The van der Waals surface area contributed by atoms with Crippen LogP contribution in [0.3, 0.4) is 0 Å². The van der Waals surface area contributed by atoms with E-state index in [1.807, 2.05) is 6.92 Å². The Labute approximate surface area is 103 Å². The van der Waals surface area contributed by atoms with Gasteiger partial charge in [0.25, 0.3) is 0 Å². The van der Waals surface area contributed by atoms with Gasteiger partial charge in [0.1, 0.15) is 5.54 Å². The Bertz CT molecular complexity index is 428. The average Bonchev–Trinajstić information content (AvgIpc) is 2.60. The fourth-order valence-corrected chi connectivity index (χ4v) is 1.75. The fraction of sp³-hybridized carbons (Fsp3) is 0.500. The van der Waals surface area contributed by atoms with Gasteiger partial charge in [-0.05, 0) is 20.8 Å². The smallest absolute Gasteiger partial charge is 0.328 e. The number of amides is 2. The SMILES string of the molecule is Cc1ncsc1CNC(=O)NC(C)(C)C(=O)O. The summed E-state index contributed by atoms with van der Waals surface area (Å²) in [4.78, 5) is 27.3. The van der Waals surface area contributed by atoms with E-state index in [1.54, 1.807) is 5.51 Å². The van der Waals surface area contributed by atoms with Crippen molar-refractivity contribution >= 4 is 23.3 Å². The quantitative estimate of drug-likeness (QED) is 0.753. The lowest BCUT2D eigenvalue weighted by Crippen LogP contribution is -2.52. The molecular formula is C10H15N3O3S. The maximum atomic E-state index is 11.5. The summed E-state index contributed by atoms with van der Waals surface area (Å²) < 4.78 is 0. The van der Waals surface area contributed by atoms with Crippen molar-refractivity contribution in [2.24, 2.45) is 0 Å². The minimum atomic E-state index is -1.28. The lowest BCUT2D eigenvalue weighted by molar-refractivity contribution is -0.142. The molecule has 7 heteroatoms. The second-order valence-corrected chi connectivity index (χ2v) is 5.04. The number of carbonyl (C=O) groups excluding carboxylic acids is 1. The third kappa shape index (κ3) is 3.70. The maximum Gasteiger partial charge on any atom is 0.328 e. The first-order chi connectivity index (χ1) is 7.83. The molecule has 0 aliphatic rings. The molecule has 0 atom stereocenters. The molecule has 94 valence electrons. The molecule has 1 rings (SSSR count). The van der Waals surface area contributed by atoms with Crippen LogP contribution in [0.5, 0.6) is 0 Å². The van der Waals surface area contributed by atoms with Crippen molar-refractivity contribution in [1.29, 1.82) is 0 Å². The van der Waals surface area contributed by atoms with Crippen molar-refractivity contribution < 1.29 is 14.7 Å². The van der Waals surface area contributed by atoms with Gasteiger partial charge in [0.15, 0.2) is 0 Å². The average molecular weight is 257 g/mol. The van der Waals surface area contributed by atoms with Crippen molar-refractivity contribution in [2.45, 2.75) is 32.9 Å². The second-order valence-electron chi connectivity index (χ2n) is 4.10. The van der Waals surface area contributed by atoms with Gasteiger partial charge in [-0.1, -0.05) is 0 Å². The van der Waals surface area contributed by atoms with E-state index in [0.29, 0.717) is 6.54 Å². The Morgan fingerprint density at radius 2 is 2.18 bits per heavy atom. The topological polar surface area (TPSA) is 91.3 Å². The lowest BCUT2D eigenvalue weighted by atomic mass is 10.1. The van der Waals surface area contributed by atoms with Gasteiger partial charge in [0, 0.05) is 4.88 Å². The summed E-state index contributed by atoms with van der Waals surface area (Å²) in [5.74, 6) is -1.08. The van der Waals surface area contributed by atoms with Crippen molar-refractivity contribution in [3.05, 3.63) is 16.1 Å². The van der Waals surface area contributed by atoms with Crippen molar-refractivity contribution in [3.63, 3.8) is 0 Å². The lowest BCUT2D eigenvalue weighted by Gasteiger charge is -2.21. The molecule has 0 unspecified atom stereocenters. The van der Waals surface area contributed by atoms with Gasteiger partial charge in [-0.3, -0.25) is 0 Å². The molecule has 1 aromatic heterocycles. The fourth-order valence-electron chi connectivity index (χ4n) is 1.04. The highest BCUT2D eigenvalue weighted by Gasteiger charge is 2.28. The van der Waals surface area contributed by atoms with Gasteiger partial charge in [-0.2, -0.15) is 0 Å². The standard InChI is InChI=1S/C10H15N3O3S/c1-6-7(17-5-12-6)4-11-9(16)13-10(2,3)8(14)15/h5H,4H2,1-3H3,(H,14,15)(H2,11,13,16). The highest BCUT2D eigenvalue weighted by atomic mass is 32.1. The molecule has 0 spiro atoms. The van der Waals surface area contributed by atoms with Gasteiger partial charge >= 0.3 is 12.0 Å². The molecule has 17 heavy (non-hydrogen) atoms. The van der Waals surface area contributed by atoms with Crippen LogP contribution in [-0.4, -0.2) is 27.6 Å². The Kier molecular flexibility index (Phi) is 4.06. The van der Waals surface area contributed by atoms with Crippen LogP contribution in [0.15, 0.2) is 5.51 Å². The van der Waals surface area contributed by atoms with Crippen LogP contribution in [0, 0.1) is 6.92 Å². The van der Waals surface area contributed by atoms with Gasteiger partial charge in [-0.15, -0.1) is 11.3 Å². The van der Waals surface area contributed by atoms with Crippen LogP contribution >= 0.6 is 11.3 Å². The minimum Gasteiger partial charge on any atom is -0.480 e. The van der Waals surface area contributed by atoms with Crippen LogP contribution < -0.4 is 10.6 Å². The molecule has 0 fully saturated rings. The summed E-state index contributed by atoms with van der Waals surface area (Å²) in [5, 5.41) is 13.8. The van der Waals surface area contributed by atoms with E-state index in [0.717, 1.165) is 10.6 Å². The molecule has 0 saturated carbocycles. The summed E-state index contributed by atoms with van der Waals surface area (Å²) in [5.41, 5.74) is 1.28. The number of aromatic nitrogens is 1. The van der Waals surface area contributed by atoms with Crippen LogP contribution in [0.25, 0.3) is 0 Å². The normalized spacial score (nSPS) is 11.0. The number of thiazole rings is 1. The zero-order chi connectivity index (χ0) is 13.1. The summed E-state index contributed by atoms with van der Waals surface area (Å²) in [6, 6.07) is -0.509. The van der Waals surface area contributed by atoms with E-state index >= 15 is 0 Å². The Morgan fingerprint density at radius 1 is 1.53 bits per heavy atom. The van der Waals surface area contributed by atoms with Crippen LogP contribution in [-0.2, 0) is 11.3 Å². The first kappa shape index (κ1) is 13.4. The number of nitrogens with one attached hydrogen (secondary N) is 2. The third-order valence-electron chi connectivity index (χ3n) is 2.22. The summed E-state index contributed by atoms with van der Waals surface area (Å²) in [6.07, 6.45) is 0. The predicted octanol–water partition coefficient (Wildman–Crippen LogP) is 1.11. The van der Waals surface area contributed by atoms with Crippen LogP contribution in [0.2, 0.25) is 0 Å². The molecule has 1 heterocycles. The number of hydrogen-bond donors (Lipinski definition) is 3. The Morgan fingerprint density at radius 3 is 2.65 bits per heavy atom. The number of aliphatic carboxylic acids is 1. The molecule has 6 nitrogen and oxygen atoms in total. The van der Waals surface area contributed by atoms with E-state index in [4.69, 9.17) is 5.11 Å². The Balaban J connectivity index is 2.46. The monoisotopic (exact) mass is 257 g/mol. The molecule has 0 saturated heterocycles. The van der Waals surface area contributed by atoms with Crippen LogP contribution in [0.4, 0.5) is 4.79 Å². The molecule has 0 radical (unpaired) electrons. The molecule has 1 aromatic rings. The molecular weight excluding hydrogens is 242 g/mol. The zero-order valence-corrected chi connectivity index (χ0v) is 10.7. The second kappa shape index (κ2) is 5.13. The minimum absolute atomic E-state index is 0.345. The zero-order valence-electron chi connectivity index (χ0n) is 9.90. The number of aryl methyl sites for hydroxylation is 1. The number of carbonyl (C=O) groups is 2. The highest BCUT2D eigenvalue weighted by Crippen LogP contribution is 2.11. The number of urea groups is 1. The maximum absolute atomic E-state index is 11.5. The molecule has 2 amide bonds.